The largest absolute Gasteiger partial charge is 0.493 e. The number of nitrogens with zero attached hydrogens (tertiary/aromatic N) is 4. The Morgan fingerprint density at radius 2 is 1.85 bits per heavy atom. The maximum Gasteiger partial charge on any atom is 0.225 e. The molecule has 1 atom stereocenters. The average Bonchev–Trinajstić information content (AvgIpc) is 3.05. The number of aromatic nitrogens is 2. The summed E-state index contributed by atoms with van der Waals surface area (Å²) in [6.45, 7) is 10.7. The van der Waals surface area contributed by atoms with E-state index >= 15 is 0 Å². The minimum Gasteiger partial charge on any atom is -0.493 e. The van der Waals surface area contributed by atoms with Crippen LogP contribution in [0.2, 0.25) is 0 Å². The molecule has 1 aromatic heterocycles. The van der Waals surface area contributed by atoms with Crippen LogP contribution in [0.1, 0.15) is 27.2 Å². The third-order valence-corrected chi connectivity index (χ3v) is 6.43. The zero-order chi connectivity index (χ0) is 19.6. The lowest BCUT2D eigenvalue weighted by Crippen LogP contribution is -2.50. The van der Waals surface area contributed by atoms with E-state index in [0.717, 1.165) is 51.2 Å². The van der Waals surface area contributed by atoms with E-state index in [2.05, 4.69) is 46.6 Å². The summed E-state index contributed by atoms with van der Waals surface area (Å²) < 4.78 is 28.8. The summed E-state index contributed by atoms with van der Waals surface area (Å²) in [5, 5.41) is 0. The molecule has 0 amide bonds. The molecule has 1 unspecified atom stereocenters. The number of ether oxygens (including phenoxy) is 1. The summed E-state index contributed by atoms with van der Waals surface area (Å²) in [6, 6.07) is 0.338. The second-order valence-electron chi connectivity index (χ2n) is 7.32. The number of anilines is 1. The van der Waals surface area contributed by atoms with Gasteiger partial charge in [-0.1, -0.05) is 5.57 Å². The minimum absolute atomic E-state index is 0.151. The molecular weight excluding hydrogens is 364 g/mol. The lowest BCUT2D eigenvalue weighted by Gasteiger charge is -2.38. The molecule has 0 radical (unpaired) electrons. The van der Waals surface area contributed by atoms with Crippen LogP contribution in [-0.2, 0) is 14.6 Å². The molecule has 2 aliphatic rings. The van der Waals surface area contributed by atoms with Crippen LogP contribution in [0.25, 0.3) is 0 Å². The number of hydrogen-bond donors (Lipinski definition) is 0. The van der Waals surface area contributed by atoms with Crippen LogP contribution in [0.15, 0.2) is 40.3 Å². The number of hydrogen-bond acceptors (Lipinski definition) is 7. The molecule has 0 N–H and O–H groups in total. The van der Waals surface area contributed by atoms with E-state index in [4.69, 9.17) is 4.74 Å². The van der Waals surface area contributed by atoms with Gasteiger partial charge in [-0.05, 0) is 32.4 Å². The van der Waals surface area contributed by atoms with Crippen molar-refractivity contribution in [1.29, 1.82) is 0 Å². The van der Waals surface area contributed by atoms with Crippen molar-refractivity contribution in [3.63, 3.8) is 0 Å². The Morgan fingerprint density at radius 1 is 1.22 bits per heavy atom. The first-order valence-corrected chi connectivity index (χ1v) is 11.2. The summed E-state index contributed by atoms with van der Waals surface area (Å²) in [6.07, 6.45) is 7.13. The van der Waals surface area contributed by atoms with Crippen molar-refractivity contribution in [2.24, 2.45) is 0 Å². The molecule has 1 fully saturated rings. The van der Waals surface area contributed by atoms with E-state index in [1.54, 1.807) is 0 Å². The lowest BCUT2D eigenvalue weighted by molar-refractivity contribution is 0.216. The summed E-state index contributed by atoms with van der Waals surface area (Å²) in [4.78, 5) is 13.2. The van der Waals surface area contributed by atoms with Gasteiger partial charge in [-0.2, -0.15) is 0 Å². The normalized spacial score (nSPS) is 20.7. The highest BCUT2D eigenvalue weighted by Crippen LogP contribution is 2.23. The Morgan fingerprint density at radius 3 is 2.37 bits per heavy atom. The fourth-order valence-electron chi connectivity index (χ4n) is 3.31. The van der Waals surface area contributed by atoms with Crippen molar-refractivity contribution >= 4 is 15.8 Å². The van der Waals surface area contributed by atoms with Gasteiger partial charge in [0.1, 0.15) is 10.7 Å². The molecule has 3 rings (SSSR count). The minimum atomic E-state index is -3.27. The highest BCUT2D eigenvalue weighted by atomic mass is 32.2. The van der Waals surface area contributed by atoms with Crippen molar-refractivity contribution in [3.05, 3.63) is 35.4 Å². The predicted octanol–water partition coefficient (Wildman–Crippen LogP) is 2.03. The third-order valence-electron chi connectivity index (χ3n) is 5.36. The zero-order valence-corrected chi connectivity index (χ0v) is 17.3. The quantitative estimate of drug-likeness (QED) is 0.759. The molecule has 2 aliphatic heterocycles. The number of rotatable bonds is 5. The first-order valence-electron chi connectivity index (χ1n) is 9.27. The highest BCUT2D eigenvalue weighted by molar-refractivity contribution is 7.90. The molecule has 0 aromatic carbocycles. The number of sulfone groups is 1. The number of piperazine rings is 1. The molecule has 148 valence electrons. The van der Waals surface area contributed by atoms with Crippen LogP contribution < -0.4 is 4.90 Å². The first-order chi connectivity index (χ1) is 12.8. The van der Waals surface area contributed by atoms with Crippen molar-refractivity contribution < 1.29 is 13.2 Å². The van der Waals surface area contributed by atoms with E-state index in [9.17, 15) is 8.42 Å². The lowest BCUT2D eigenvalue weighted by atomic mass is 10.1. The van der Waals surface area contributed by atoms with Gasteiger partial charge >= 0.3 is 0 Å². The van der Waals surface area contributed by atoms with Gasteiger partial charge in [0.15, 0.2) is 9.84 Å². The molecular formula is C19H28N4O3S. The van der Waals surface area contributed by atoms with Gasteiger partial charge in [-0.25, -0.2) is 18.4 Å². The van der Waals surface area contributed by atoms with Crippen LogP contribution in [0.4, 0.5) is 5.95 Å². The molecule has 0 aliphatic carbocycles. The van der Waals surface area contributed by atoms with E-state index in [0.29, 0.717) is 12.0 Å². The van der Waals surface area contributed by atoms with E-state index in [1.807, 2.05) is 0 Å². The fraction of sp³-hybridized carbons (Fsp3) is 0.579. The summed E-state index contributed by atoms with van der Waals surface area (Å²) in [7, 11) is -3.27. The molecule has 1 saturated heterocycles. The standard InChI is InChI=1S/C19H28N4O3S/c1-14-5-10-26-18(14)11-15(2)16(3)22-6-8-23(9-7-22)19-20-12-17(13-21-19)27(4,24)25/h11-13,16H,5-10H2,1-4H3/b15-11+. The Balaban J connectivity index is 1.60. The molecule has 0 bridgehead atoms. The fourth-order valence-corrected chi connectivity index (χ4v) is 3.80. The maximum absolute atomic E-state index is 11.5. The maximum atomic E-state index is 11.5. The monoisotopic (exact) mass is 392 g/mol. The van der Waals surface area contributed by atoms with Crippen LogP contribution >= 0.6 is 0 Å². The smallest absolute Gasteiger partial charge is 0.225 e. The summed E-state index contributed by atoms with van der Waals surface area (Å²) >= 11 is 0. The van der Waals surface area contributed by atoms with Gasteiger partial charge in [0.05, 0.1) is 19.0 Å². The SMILES string of the molecule is CC1=C(/C=C(\C)C(C)N2CCN(c3ncc(S(C)(=O)=O)cn3)CC2)OCC1. The predicted molar refractivity (Wildman–Crippen MR) is 105 cm³/mol. The summed E-state index contributed by atoms with van der Waals surface area (Å²) in [5.74, 6) is 1.61. The van der Waals surface area contributed by atoms with Crippen LogP contribution in [0.3, 0.4) is 0 Å². The van der Waals surface area contributed by atoms with Gasteiger partial charge in [0, 0.05) is 44.9 Å². The second-order valence-corrected chi connectivity index (χ2v) is 9.34. The van der Waals surface area contributed by atoms with Gasteiger partial charge in [0.2, 0.25) is 5.95 Å². The molecule has 1 aromatic rings. The first kappa shape index (κ1) is 19.8. The third kappa shape index (κ3) is 4.68. The van der Waals surface area contributed by atoms with E-state index in [-0.39, 0.29) is 4.90 Å². The molecule has 27 heavy (non-hydrogen) atoms. The van der Waals surface area contributed by atoms with E-state index in [1.165, 1.54) is 23.5 Å². The topological polar surface area (TPSA) is 75.6 Å². The van der Waals surface area contributed by atoms with Crippen LogP contribution in [-0.4, -0.2) is 68.4 Å². The Kier molecular flexibility index (Phi) is 5.86. The van der Waals surface area contributed by atoms with E-state index < -0.39 is 9.84 Å². The van der Waals surface area contributed by atoms with Crippen molar-refractivity contribution in [1.82, 2.24) is 14.9 Å². The zero-order valence-electron chi connectivity index (χ0n) is 16.5. The van der Waals surface area contributed by atoms with Gasteiger partial charge in [-0.3, -0.25) is 4.90 Å². The van der Waals surface area contributed by atoms with Crippen molar-refractivity contribution in [2.75, 3.05) is 43.9 Å². The molecule has 3 heterocycles. The Bertz CT molecular complexity index is 838. The Labute approximate surface area is 161 Å². The van der Waals surface area contributed by atoms with Crippen molar-refractivity contribution in [3.8, 4) is 0 Å². The molecule has 8 heteroatoms. The highest BCUT2D eigenvalue weighted by Gasteiger charge is 2.24. The summed E-state index contributed by atoms with van der Waals surface area (Å²) in [5.41, 5.74) is 2.62. The second kappa shape index (κ2) is 7.98. The van der Waals surface area contributed by atoms with Crippen molar-refractivity contribution in [2.45, 2.75) is 38.1 Å². The number of allylic oxidation sites excluding steroid dienone is 1. The van der Waals surface area contributed by atoms with Crippen LogP contribution in [0, 0.1) is 0 Å². The Hall–Kier alpha value is -1.93. The van der Waals surface area contributed by atoms with Gasteiger partial charge in [-0.15, -0.1) is 0 Å². The molecule has 0 saturated carbocycles. The van der Waals surface area contributed by atoms with Gasteiger partial charge < -0.3 is 9.64 Å². The molecule has 0 spiro atoms. The molecule has 7 nitrogen and oxygen atoms in total. The van der Waals surface area contributed by atoms with Crippen LogP contribution in [0.5, 0.6) is 0 Å². The van der Waals surface area contributed by atoms with Gasteiger partial charge in [0.25, 0.3) is 0 Å². The average molecular weight is 393 g/mol.